The molecule has 61 nitrogen and oxygen atoms in total. The fourth-order valence-electron chi connectivity index (χ4n) is 16.3. The first-order chi connectivity index (χ1) is 66.7. The summed E-state index contributed by atoms with van der Waals surface area (Å²) in [6.07, 6.45) is -9.37. The van der Waals surface area contributed by atoms with Crippen LogP contribution in [0.1, 0.15) is 170 Å². The Hall–Kier alpha value is -15.9. The zero-order valence-electron chi connectivity index (χ0n) is 79.0. The number of carboxylic acid groups (broad SMARTS) is 2. The number of rotatable bonds is 55. The summed E-state index contributed by atoms with van der Waals surface area (Å²) < 4.78 is 0. The van der Waals surface area contributed by atoms with Crippen LogP contribution in [0, 0.1) is 5.92 Å². The van der Waals surface area contributed by atoms with Crippen LogP contribution >= 0.6 is 0 Å². The molecule has 0 radical (unpaired) electrons. The van der Waals surface area contributed by atoms with Crippen molar-refractivity contribution in [2.45, 2.75) is 291 Å². The van der Waals surface area contributed by atoms with E-state index in [1.165, 1.54) is 20.8 Å². The fraction of sp³-hybridized carbons (Fsp3) is 0.634. The van der Waals surface area contributed by atoms with Gasteiger partial charge in [-0.05, 0) is 97.8 Å². The molecule has 143 heavy (non-hydrogen) atoms. The van der Waals surface area contributed by atoms with E-state index < -0.39 is 368 Å². The molecule has 5 rings (SSSR count). The number of nitrogens with two attached hydrogens (primary N) is 10. The Morgan fingerprint density at radius 1 is 0.238 bits per heavy atom. The van der Waals surface area contributed by atoms with Crippen molar-refractivity contribution in [1.29, 1.82) is 0 Å². The van der Waals surface area contributed by atoms with E-state index in [2.05, 4.69) is 74.4 Å². The smallest absolute Gasteiger partial charge is 0.326 e. The standard InChI is InChI=1S/C82H125N29O32/c1-32(2)62(106-71(131)41(26-56(88)116)100-75(135)49-14-9-19-109(49)77(137)42(27-57(89)117)101-63(123)33(3)93-67(127)37(83)22-52(84)112)76(136)105-46(31-61(121)122)81(141)110-20-10-15-50(110)74(134)99-40(25-55(87)115)70(130)95-35(5)65(125)103-44(29-59(91)119)79(139)107-17-7-12-47(107)72(132)97-38(23-53(85)113)68(128)94-34(4)64(124)102-43(28-58(90)118)78(138)108-18-8-13-48(108)73(133)98-39(24-54(86)114)69(129)96-36(6)66(126)104-45(30-60(92)120)80(140)111-21-11-16-51(111)82(142)143/h32-51,62H,7-31,83H2,1-6H3,(H2,84,112)(H2,85,113)(H2,86,114)(H2,87,115)(H2,88,116)(H2,89,117)(H2,90,118)(H2,91,119)(H2,92,120)(H,93,127)(H,94,128)(H,95,130)(H,96,129)(H,97,132)(H,98,133)(H,99,134)(H,100,135)(H,101,123)(H,102,124)(H,103,125)(H,104,126)(H,105,136)(H,106,131)(H,121,122)(H,142,143)/t33-,34-,35-,36-,37-,38-,39-,40-,41-,42-,43-,44-,45-,46-,47-,48-,49-,50-,51-,62-/m0/s1. The first kappa shape index (κ1) is 118. The van der Waals surface area contributed by atoms with Crippen molar-refractivity contribution in [1.82, 2.24) is 98.9 Å². The van der Waals surface area contributed by atoms with Crippen LogP contribution < -0.4 is 132 Å². The molecule has 0 aromatic heterocycles. The molecule has 0 aliphatic carbocycles. The van der Waals surface area contributed by atoms with Crippen molar-refractivity contribution in [3.05, 3.63) is 0 Å². The third kappa shape index (κ3) is 35.4. The molecule has 5 aliphatic heterocycles. The number of primary amides is 9. The molecule has 0 aromatic rings. The maximum atomic E-state index is 14.5. The Bertz CT molecular complexity index is 4960. The second kappa shape index (κ2) is 54.0. The molecule has 0 unspecified atom stereocenters. The number of hydrogen-bond donors (Lipinski definition) is 26. The normalized spacial score (nSPS) is 19.5. The van der Waals surface area contributed by atoms with Crippen molar-refractivity contribution in [3.8, 4) is 0 Å². The van der Waals surface area contributed by atoms with E-state index in [1.807, 2.05) is 0 Å². The molecule has 0 bridgehead atoms. The summed E-state index contributed by atoms with van der Waals surface area (Å²) in [4.78, 5) is 403. The molecule has 5 saturated heterocycles. The van der Waals surface area contributed by atoms with Crippen LogP contribution in [-0.2, 0) is 144 Å². The highest BCUT2D eigenvalue weighted by Crippen LogP contribution is 2.27. The predicted molar refractivity (Wildman–Crippen MR) is 480 cm³/mol. The lowest BCUT2D eigenvalue weighted by Gasteiger charge is -2.31. The number of nitrogens with zero attached hydrogens (tertiary/aromatic N) is 5. The summed E-state index contributed by atoms with van der Waals surface area (Å²) in [6.45, 7) is 5.99. The molecule has 28 amide bonds. The molecule has 5 heterocycles. The Morgan fingerprint density at radius 2 is 0.434 bits per heavy atom. The lowest BCUT2D eigenvalue weighted by atomic mass is 10.0. The molecular formula is C82H125N29O32. The number of carbonyl (C=O) groups excluding carboxylic acids is 28. The maximum absolute atomic E-state index is 14.5. The van der Waals surface area contributed by atoms with E-state index in [4.69, 9.17) is 57.3 Å². The van der Waals surface area contributed by atoms with Crippen molar-refractivity contribution in [2.24, 2.45) is 63.3 Å². The zero-order valence-corrected chi connectivity index (χ0v) is 79.0. The zero-order chi connectivity index (χ0) is 108. The minimum Gasteiger partial charge on any atom is -0.481 e. The van der Waals surface area contributed by atoms with Crippen LogP contribution in [0.3, 0.4) is 0 Å². The largest absolute Gasteiger partial charge is 0.481 e. The van der Waals surface area contributed by atoms with Gasteiger partial charge in [0, 0.05) is 32.7 Å². The summed E-state index contributed by atoms with van der Waals surface area (Å²) in [5.41, 5.74) is 54.3. The number of hydrogen-bond acceptors (Lipinski definition) is 31. The number of likely N-dealkylation sites (tertiary alicyclic amines) is 5. The molecule has 0 aromatic carbocycles. The van der Waals surface area contributed by atoms with Gasteiger partial charge >= 0.3 is 11.9 Å². The summed E-state index contributed by atoms with van der Waals surface area (Å²) in [5.74, 6) is -36.5. The van der Waals surface area contributed by atoms with Crippen molar-refractivity contribution < 1.29 is 154 Å². The molecule has 0 saturated carbocycles. The molecule has 61 heteroatoms. The van der Waals surface area contributed by atoms with Gasteiger partial charge in [-0.2, -0.15) is 0 Å². The SMILES string of the molecule is CC(C)[C@H](NC(=O)[C@H](CC(N)=O)NC(=O)[C@@H]1CCCN1C(=O)[C@H](CC(N)=O)NC(=O)[C@H](C)NC(=O)[C@@H](N)CC(N)=O)C(=O)N[C@@H](CC(=O)O)C(=O)N1CCC[C@H]1C(=O)N[C@@H](CC(N)=O)C(=O)N[C@@H](C)C(=O)N[C@@H](CC(N)=O)C(=O)N1CCC[C@H]1C(=O)N[C@@H](CC(N)=O)C(=O)N[C@@H](C)C(=O)N[C@@H](CC(N)=O)C(=O)N1CCC[C@H]1C(=O)N[C@@H](CC(N)=O)C(=O)N[C@@H](C)C(=O)N[C@@H](CC(N)=O)C(=O)N1CCC[C@H]1C(=O)O. The molecule has 790 valence electrons. The Labute approximate surface area is 814 Å². The topological polar surface area (TPSA) is 997 Å². The van der Waals surface area contributed by atoms with Gasteiger partial charge in [-0.3, -0.25) is 139 Å². The van der Waals surface area contributed by atoms with Crippen LogP contribution in [0.4, 0.5) is 0 Å². The Morgan fingerprint density at radius 3 is 0.650 bits per heavy atom. The molecule has 20 atom stereocenters. The summed E-state index contributed by atoms with van der Waals surface area (Å²) in [7, 11) is 0. The molecule has 0 spiro atoms. The summed E-state index contributed by atoms with van der Waals surface area (Å²) in [6, 6.07) is -34.5. The number of carboxylic acids is 2. The van der Waals surface area contributed by atoms with E-state index in [9.17, 15) is 154 Å². The summed E-state index contributed by atoms with van der Waals surface area (Å²) in [5, 5.41) is 51.2. The van der Waals surface area contributed by atoms with Crippen LogP contribution in [0.2, 0.25) is 0 Å². The van der Waals surface area contributed by atoms with E-state index in [-0.39, 0.29) is 96.9 Å². The van der Waals surface area contributed by atoms with E-state index >= 15 is 0 Å². The van der Waals surface area contributed by atoms with Gasteiger partial charge in [0.1, 0.15) is 115 Å². The highest BCUT2D eigenvalue weighted by molar-refractivity contribution is 6.06. The average molecular weight is 2030 g/mol. The third-order valence-electron chi connectivity index (χ3n) is 23.4. The van der Waals surface area contributed by atoms with Gasteiger partial charge in [-0.1, -0.05) is 13.8 Å². The van der Waals surface area contributed by atoms with Crippen molar-refractivity contribution in [3.63, 3.8) is 0 Å². The minimum atomic E-state index is -2.06. The second-order valence-corrected chi connectivity index (χ2v) is 35.2. The molecule has 36 N–H and O–H groups in total. The molecule has 5 aliphatic rings. The second-order valence-electron chi connectivity index (χ2n) is 35.2. The maximum Gasteiger partial charge on any atom is 0.326 e. The van der Waals surface area contributed by atoms with Crippen molar-refractivity contribution in [2.75, 3.05) is 32.7 Å². The van der Waals surface area contributed by atoms with Crippen LogP contribution in [-0.4, -0.2) is 366 Å². The lowest BCUT2D eigenvalue weighted by molar-refractivity contribution is -0.149. The van der Waals surface area contributed by atoms with Gasteiger partial charge in [0.05, 0.1) is 70.3 Å². The van der Waals surface area contributed by atoms with Gasteiger partial charge in [0.15, 0.2) is 0 Å². The minimum absolute atomic E-state index is 0.00257. The monoisotopic (exact) mass is 2030 g/mol. The molecular weight excluding hydrogens is 1900 g/mol. The highest BCUT2D eigenvalue weighted by atomic mass is 16.4. The van der Waals surface area contributed by atoms with Gasteiger partial charge in [-0.25, -0.2) is 4.79 Å². The highest BCUT2D eigenvalue weighted by Gasteiger charge is 2.48. The quantitative estimate of drug-likeness (QED) is 0.0269. The summed E-state index contributed by atoms with van der Waals surface area (Å²) >= 11 is 0. The first-order valence-corrected chi connectivity index (χ1v) is 45.3. The number of carbonyl (C=O) groups is 30. The number of amides is 28. The van der Waals surface area contributed by atoms with E-state index in [0.717, 1.165) is 45.3 Å². The first-order valence-electron chi connectivity index (χ1n) is 45.3. The van der Waals surface area contributed by atoms with Gasteiger partial charge in [-0.15, -0.1) is 0 Å². The number of nitrogens with one attached hydrogen (secondary N) is 14. The predicted octanol–water partition coefficient (Wildman–Crippen LogP) is -17.8. The molecule has 5 fully saturated rings. The Balaban J connectivity index is 1.22. The van der Waals surface area contributed by atoms with E-state index in [1.54, 1.807) is 0 Å². The Kier molecular flexibility index (Phi) is 44.4. The van der Waals surface area contributed by atoms with Crippen LogP contribution in [0.15, 0.2) is 0 Å². The van der Waals surface area contributed by atoms with Crippen molar-refractivity contribution >= 4 is 177 Å². The fourth-order valence-corrected chi connectivity index (χ4v) is 16.3. The van der Waals surface area contributed by atoms with Crippen LogP contribution in [0.25, 0.3) is 0 Å². The van der Waals surface area contributed by atoms with Gasteiger partial charge in [0.25, 0.3) is 0 Å². The number of aliphatic carboxylic acids is 2. The van der Waals surface area contributed by atoms with Gasteiger partial charge < -0.3 is 166 Å². The third-order valence-corrected chi connectivity index (χ3v) is 23.4. The van der Waals surface area contributed by atoms with Gasteiger partial charge in [0.2, 0.25) is 165 Å². The van der Waals surface area contributed by atoms with Crippen LogP contribution in [0.5, 0.6) is 0 Å². The average Bonchev–Trinajstić information content (AvgIpc) is 1.71. The van der Waals surface area contributed by atoms with E-state index in [0.29, 0.717) is 0 Å². The lowest BCUT2D eigenvalue weighted by Crippen LogP contribution is -2.61.